The summed E-state index contributed by atoms with van der Waals surface area (Å²) in [5.74, 6) is -1.49. The van der Waals surface area contributed by atoms with E-state index >= 15 is 0 Å². The number of halogens is 2. The van der Waals surface area contributed by atoms with Gasteiger partial charge in [0, 0.05) is 24.8 Å². The number of nitrogens with one attached hydrogen (secondary N) is 1. The maximum absolute atomic E-state index is 14.1. The van der Waals surface area contributed by atoms with Crippen LogP contribution in [0.2, 0.25) is 0 Å². The van der Waals surface area contributed by atoms with E-state index in [1.54, 1.807) is 19.1 Å². The number of hydrogen-bond acceptors (Lipinski definition) is 2. The van der Waals surface area contributed by atoms with Gasteiger partial charge in [-0.3, -0.25) is 0 Å². The number of aryl methyl sites for hydroxylation is 1. The summed E-state index contributed by atoms with van der Waals surface area (Å²) < 4.78 is 33.2. The zero-order valence-corrected chi connectivity index (χ0v) is 12.6. The van der Waals surface area contributed by atoms with E-state index < -0.39 is 11.6 Å². The van der Waals surface area contributed by atoms with Crippen molar-refractivity contribution in [2.24, 2.45) is 0 Å². The highest BCUT2D eigenvalue weighted by atomic mass is 19.2. The minimum atomic E-state index is -0.750. The van der Waals surface area contributed by atoms with Gasteiger partial charge in [0.1, 0.15) is 0 Å². The number of hydrogen-bond donors (Lipinski definition) is 1. The first-order valence-electron chi connectivity index (χ1n) is 7.37. The Morgan fingerprint density at radius 3 is 2.50 bits per heavy atom. The first kappa shape index (κ1) is 17.1. The molecule has 20 heavy (non-hydrogen) atoms. The van der Waals surface area contributed by atoms with Crippen LogP contribution in [-0.4, -0.2) is 19.8 Å². The molecule has 0 fully saturated rings. The number of benzene rings is 1. The third-order valence-electron chi connectivity index (χ3n) is 3.22. The van der Waals surface area contributed by atoms with Crippen LogP contribution in [0, 0.1) is 18.6 Å². The average Bonchev–Trinajstić information content (AvgIpc) is 2.45. The second kappa shape index (κ2) is 9.03. The van der Waals surface area contributed by atoms with Gasteiger partial charge in [0.2, 0.25) is 0 Å². The second-order valence-electron chi connectivity index (χ2n) is 5.01. The summed E-state index contributed by atoms with van der Waals surface area (Å²) >= 11 is 0. The van der Waals surface area contributed by atoms with E-state index in [9.17, 15) is 8.78 Å². The molecule has 0 bridgehead atoms. The Hall–Kier alpha value is -1.00. The van der Waals surface area contributed by atoms with E-state index in [2.05, 4.69) is 5.32 Å². The van der Waals surface area contributed by atoms with Gasteiger partial charge in [0.15, 0.2) is 11.6 Å². The molecule has 0 heterocycles. The van der Waals surface area contributed by atoms with Crippen LogP contribution in [0.4, 0.5) is 8.78 Å². The van der Waals surface area contributed by atoms with Crippen LogP contribution in [0.1, 0.15) is 50.3 Å². The summed E-state index contributed by atoms with van der Waals surface area (Å²) in [6, 6.07) is 3.09. The van der Waals surface area contributed by atoms with Crippen molar-refractivity contribution in [1.29, 1.82) is 0 Å². The molecule has 0 saturated carbocycles. The molecule has 1 N–H and O–H groups in total. The molecule has 2 nitrogen and oxygen atoms in total. The van der Waals surface area contributed by atoms with Gasteiger partial charge in [-0.2, -0.15) is 0 Å². The predicted molar refractivity (Wildman–Crippen MR) is 77.9 cm³/mol. The predicted octanol–water partition coefficient (Wildman–Crippen LogP) is 4.13. The SMILES string of the molecule is CCCNC(CCOCCC)c1ccc(C)c(F)c1F. The molecule has 0 aromatic heterocycles. The zero-order chi connectivity index (χ0) is 15.0. The van der Waals surface area contributed by atoms with E-state index in [-0.39, 0.29) is 6.04 Å². The Morgan fingerprint density at radius 1 is 1.10 bits per heavy atom. The third kappa shape index (κ3) is 4.84. The van der Waals surface area contributed by atoms with E-state index in [1.807, 2.05) is 13.8 Å². The van der Waals surface area contributed by atoms with Gasteiger partial charge in [0.25, 0.3) is 0 Å². The molecule has 1 aromatic rings. The zero-order valence-electron chi connectivity index (χ0n) is 12.6. The smallest absolute Gasteiger partial charge is 0.163 e. The molecule has 0 spiro atoms. The Bertz CT molecular complexity index is 410. The lowest BCUT2D eigenvalue weighted by atomic mass is 10.0. The van der Waals surface area contributed by atoms with Crippen LogP contribution in [0.3, 0.4) is 0 Å². The first-order chi connectivity index (χ1) is 9.61. The van der Waals surface area contributed by atoms with Crippen molar-refractivity contribution in [2.45, 2.75) is 46.1 Å². The third-order valence-corrected chi connectivity index (χ3v) is 3.22. The maximum atomic E-state index is 14.1. The van der Waals surface area contributed by atoms with Gasteiger partial charge in [-0.05, 0) is 38.3 Å². The molecule has 0 aliphatic carbocycles. The lowest BCUT2D eigenvalue weighted by Crippen LogP contribution is -2.25. The van der Waals surface area contributed by atoms with Gasteiger partial charge < -0.3 is 10.1 Å². The van der Waals surface area contributed by atoms with Gasteiger partial charge in [-0.25, -0.2) is 8.78 Å². The first-order valence-corrected chi connectivity index (χ1v) is 7.37. The quantitative estimate of drug-likeness (QED) is 0.689. The van der Waals surface area contributed by atoms with Gasteiger partial charge >= 0.3 is 0 Å². The molecule has 1 unspecified atom stereocenters. The fourth-order valence-electron chi connectivity index (χ4n) is 2.06. The van der Waals surface area contributed by atoms with Crippen LogP contribution in [0.25, 0.3) is 0 Å². The normalized spacial score (nSPS) is 12.7. The van der Waals surface area contributed by atoms with Crippen LogP contribution < -0.4 is 5.32 Å². The van der Waals surface area contributed by atoms with E-state index in [0.29, 0.717) is 30.8 Å². The van der Waals surface area contributed by atoms with Crippen molar-refractivity contribution in [3.05, 3.63) is 34.9 Å². The Labute approximate surface area is 120 Å². The highest BCUT2D eigenvalue weighted by Crippen LogP contribution is 2.24. The number of rotatable bonds is 9. The topological polar surface area (TPSA) is 21.3 Å². The van der Waals surface area contributed by atoms with Crippen molar-refractivity contribution in [3.8, 4) is 0 Å². The molecule has 0 radical (unpaired) electrons. The van der Waals surface area contributed by atoms with Crippen LogP contribution in [0.5, 0.6) is 0 Å². The van der Waals surface area contributed by atoms with E-state index in [0.717, 1.165) is 19.4 Å². The molecule has 0 aliphatic rings. The minimum absolute atomic E-state index is 0.207. The monoisotopic (exact) mass is 285 g/mol. The molecular formula is C16H25F2NO. The number of ether oxygens (including phenoxy) is 1. The van der Waals surface area contributed by atoms with Crippen molar-refractivity contribution >= 4 is 0 Å². The largest absolute Gasteiger partial charge is 0.381 e. The standard InChI is InChI=1S/C16H25F2NO/c1-4-9-19-14(8-11-20-10-5-2)13-7-6-12(3)15(17)16(13)18/h6-7,14,19H,4-5,8-11H2,1-3H3. The van der Waals surface area contributed by atoms with Gasteiger partial charge in [-0.15, -0.1) is 0 Å². The summed E-state index contributed by atoms with van der Waals surface area (Å²) in [6.45, 7) is 7.68. The molecule has 0 aliphatic heterocycles. The molecule has 114 valence electrons. The summed E-state index contributed by atoms with van der Waals surface area (Å²) in [5, 5.41) is 3.26. The van der Waals surface area contributed by atoms with Crippen LogP contribution in [0.15, 0.2) is 12.1 Å². The molecule has 1 atom stereocenters. The highest BCUT2D eigenvalue weighted by Gasteiger charge is 2.19. The second-order valence-corrected chi connectivity index (χ2v) is 5.01. The van der Waals surface area contributed by atoms with Gasteiger partial charge in [-0.1, -0.05) is 26.0 Å². The molecule has 1 rings (SSSR count). The summed E-state index contributed by atoms with van der Waals surface area (Å²) in [5.41, 5.74) is 0.726. The summed E-state index contributed by atoms with van der Waals surface area (Å²) in [4.78, 5) is 0. The average molecular weight is 285 g/mol. The van der Waals surface area contributed by atoms with E-state index in [4.69, 9.17) is 4.74 Å². The molecule has 0 saturated heterocycles. The lowest BCUT2D eigenvalue weighted by Gasteiger charge is -2.20. The van der Waals surface area contributed by atoms with E-state index in [1.165, 1.54) is 0 Å². The minimum Gasteiger partial charge on any atom is -0.381 e. The van der Waals surface area contributed by atoms with Crippen molar-refractivity contribution in [2.75, 3.05) is 19.8 Å². The van der Waals surface area contributed by atoms with Crippen LogP contribution in [-0.2, 0) is 4.74 Å². The van der Waals surface area contributed by atoms with Crippen molar-refractivity contribution in [3.63, 3.8) is 0 Å². The fourth-order valence-corrected chi connectivity index (χ4v) is 2.06. The lowest BCUT2D eigenvalue weighted by molar-refractivity contribution is 0.124. The molecule has 4 heteroatoms. The molecule has 1 aromatic carbocycles. The Kier molecular flexibility index (Phi) is 7.70. The maximum Gasteiger partial charge on any atom is 0.163 e. The summed E-state index contributed by atoms with van der Waals surface area (Å²) in [7, 11) is 0. The van der Waals surface area contributed by atoms with Crippen molar-refractivity contribution in [1.82, 2.24) is 5.32 Å². The summed E-state index contributed by atoms with van der Waals surface area (Å²) in [6.07, 6.45) is 2.54. The van der Waals surface area contributed by atoms with Crippen LogP contribution >= 0.6 is 0 Å². The molecular weight excluding hydrogens is 260 g/mol. The highest BCUT2D eigenvalue weighted by molar-refractivity contribution is 5.27. The Balaban J connectivity index is 2.78. The van der Waals surface area contributed by atoms with Crippen molar-refractivity contribution < 1.29 is 13.5 Å². The fraction of sp³-hybridized carbons (Fsp3) is 0.625. The molecule has 0 amide bonds. The van der Waals surface area contributed by atoms with Gasteiger partial charge in [0.05, 0.1) is 0 Å². The Morgan fingerprint density at radius 2 is 1.85 bits per heavy atom.